The molecule has 0 aromatic carbocycles. The molecule has 0 unspecified atom stereocenters. The van der Waals surface area contributed by atoms with Gasteiger partial charge in [0, 0.05) is 5.92 Å². The fourth-order valence-electron chi connectivity index (χ4n) is 4.55. The van der Waals surface area contributed by atoms with Gasteiger partial charge in [-0.2, -0.15) is 0 Å². The van der Waals surface area contributed by atoms with Gasteiger partial charge in [-0.3, -0.25) is 4.79 Å². The first-order chi connectivity index (χ1) is 9.16. The molecule has 1 heterocycles. The normalized spacial score (nSPS) is 52.4. The highest BCUT2D eigenvalue weighted by Crippen LogP contribution is 2.72. The third-order valence-electron chi connectivity index (χ3n) is 5.71. The maximum absolute atomic E-state index is 12.5. The molecular weight excluding hydrogens is 260 g/mol. The van der Waals surface area contributed by atoms with Crippen molar-refractivity contribution in [1.29, 1.82) is 0 Å². The van der Waals surface area contributed by atoms with Gasteiger partial charge in [-0.15, -0.1) is 0 Å². The first-order valence-corrected chi connectivity index (χ1v) is 7.06. The van der Waals surface area contributed by atoms with Crippen LogP contribution in [0.15, 0.2) is 12.2 Å². The van der Waals surface area contributed by atoms with Crippen LogP contribution in [0.2, 0.25) is 0 Å². The van der Waals surface area contributed by atoms with Crippen LogP contribution in [0.3, 0.4) is 0 Å². The van der Waals surface area contributed by atoms with E-state index in [1.807, 2.05) is 20.8 Å². The van der Waals surface area contributed by atoms with E-state index in [-0.39, 0.29) is 17.4 Å². The van der Waals surface area contributed by atoms with Gasteiger partial charge in [0.15, 0.2) is 5.60 Å². The monoisotopic (exact) mass is 282 g/mol. The van der Waals surface area contributed by atoms with Crippen molar-refractivity contribution in [1.82, 2.24) is 0 Å². The lowest BCUT2D eigenvalue weighted by Crippen LogP contribution is -2.57. The molecule has 5 nitrogen and oxygen atoms in total. The maximum Gasteiger partial charge on any atom is 0.200 e. The van der Waals surface area contributed by atoms with Crippen LogP contribution in [-0.2, 0) is 9.53 Å². The second kappa shape index (κ2) is 3.71. The van der Waals surface area contributed by atoms with Crippen LogP contribution in [-0.4, -0.2) is 51.1 Å². The maximum atomic E-state index is 12.5. The zero-order chi connectivity index (χ0) is 15.1. The molecule has 0 aromatic rings. The Balaban J connectivity index is 2.15. The first-order valence-electron chi connectivity index (χ1n) is 7.06. The van der Waals surface area contributed by atoms with E-state index in [9.17, 15) is 20.1 Å². The number of aliphatic hydroxyl groups excluding tert-OH is 3. The van der Waals surface area contributed by atoms with Crippen molar-refractivity contribution in [2.45, 2.75) is 50.6 Å². The fourth-order valence-corrected chi connectivity index (χ4v) is 4.55. The summed E-state index contributed by atoms with van der Waals surface area (Å²) in [4.78, 5) is 12.5. The molecule has 1 spiro atoms. The Labute approximate surface area is 118 Å². The van der Waals surface area contributed by atoms with Gasteiger partial charge in [-0.25, -0.2) is 0 Å². The molecular formula is C15H22O5. The number of ketones is 1. The summed E-state index contributed by atoms with van der Waals surface area (Å²) in [5, 5.41) is 30.3. The van der Waals surface area contributed by atoms with E-state index in [0.29, 0.717) is 6.42 Å². The summed E-state index contributed by atoms with van der Waals surface area (Å²) in [6.07, 6.45) is -1.29. The summed E-state index contributed by atoms with van der Waals surface area (Å²) < 4.78 is 5.81. The standard InChI is InChI=1S/C15H22O5/c1-7(6-16)14-11(18)10(17)8(2)9-5-13(3,4)12(19)15(9,14)20-14/h8-10,12,16-17,19H,1,5-6H2,2-4H3/t8-,9+,10-,12-,14+,15+/m0/s1. The smallest absolute Gasteiger partial charge is 0.200 e. The van der Waals surface area contributed by atoms with E-state index in [4.69, 9.17) is 4.74 Å². The van der Waals surface area contributed by atoms with Crippen molar-refractivity contribution in [2.75, 3.05) is 6.61 Å². The SMILES string of the molecule is C=C(CO)[C@]12O[C@@]13[C@H](CC(C)(C)[C@@H]3O)[C@H](C)[C@H](O)C2=O. The van der Waals surface area contributed by atoms with Gasteiger partial charge in [0.05, 0.1) is 12.7 Å². The molecule has 0 bridgehead atoms. The summed E-state index contributed by atoms with van der Waals surface area (Å²) in [7, 11) is 0. The molecule has 0 aromatic heterocycles. The van der Waals surface area contributed by atoms with Crippen molar-refractivity contribution in [2.24, 2.45) is 17.3 Å². The number of carbonyl (C=O) groups excluding carboxylic acids is 1. The number of carbonyl (C=O) groups is 1. The predicted molar refractivity (Wildman–Crippen MR) is 70.8 cm³/mol. The van der Waals surface area contributed by atoms with Crippen molar-refractivity contribution < 1.29 is 24.9 Å². The van der Waals surface area contributed by atoms with Crippen molar-refractivity contribution in [3.8, 4) is 0 Å². The molecule has 2 saturated carbocycles. The van der Waals surface area contributed by atoms with Crippen LogP contribution in [0.25, 0.3) is 0 Å². The van der Waals surface area contributed by atoms with Crippen molar-refractivity contribution >= 4 is 5.78 Å². The number of aliphatic hydroxyl groups is 3. The van der Waals surface area contributed by atoms with Crippen LogP contribution >= 0.6 is 0 Å². The molecule has 3 N–H and O–H groups in total. The Hall–Kier alpha value is -0.750. The fraction of sp³-hybridized carbons (Fsp3) is 0.800. The summed E-state index contributed by atoms with van der Waals surface area (Å²) >= 11 is 0. The lowest BCUT2D eigenvalue weighted by Gasteiger charge is -2.36. The summed E-state index contributed by atoms with van der Waals surface area (Å²) in [6, 6.07) is 0. The van der Waals surface area contributed by atoms with Crippen LogP contribution in [0.4, 0.5) is 0 Å². The minimum Gasteiger partial charge on any atom is -0.392 e. The van der Waals surface area contributed by atoms with Crippen LogP contribution in [0, 0.1) is 17.3 Å². The Bertz CT molecular complexity index is 498. The number of hydrogen-bond acceptors (Lipinski definition) is 5. The zero-order valence-electron chi connectivity index (χ0n) is 12.1. The van der Waals surface area contributed by atoms with Gasteiger partial charge < -0.3 is 20.1 Å². The Morgan fingerprint density at radius 3 is 2.60 bits per heavy atom. The minimum absolute atomic E-state index is 0.122. The molecule has 3 fully saturated rings. The molecule has 6 atom stereocenters. The molecule has 5 heteroatoms. The molecule has 2 aliphatic carbocycles. The first kappa shape index (κ1) is 14.2. The third kappa shape index (κ3) is 1.21. The molecule has 3 rings (SSSR count). The Kier molecular flexibility index (Phi) is 2.64. The average Bonchev–Trinajstić information content (AvgIpc) is 3.07. The molecule has 0 amide bonds. The van der Waals surface area contributed by atoms with E-state index < -0.39 is 41.2 Å². The van der Waals surface area contributed by atoms with Crippen LogP contribution in [0.1, 0.15) is 27.2 Å². The molecule has 20 heavy (non-hydrogen) atoms. The Morgan fingerprint density at radius 2 is 2.05 bits per heavy atom. The summed E-state index contributed by atoms with van der Waals surface area (Å²) in [6.45, 7) is 9.03. The highest BCUT2D eigenvalue weighted by Gasteiger charge is 2.88. The second-order valence-electron chi connectivity index (χ2n) is 7.21. The van der Waals surface area contributed by atoms with E-state index in [1.54, 1.807) is 0 Å². The van der Waals surface area contributed by atoms with Gasteiger partial charge in [-0.05, 0) is 23.3 Å². The number of ether oxygens (including phenoxy) is 1. The molecule has 112 valence electrons. The van der Waals surface area contributed by atoms with E-state index >= 15 is 0 Å². The van der Waals surface area contributed by atoms with Crippen molar-refractivity contribution in [3.05, 3.63) is 12.2 Å². The lowest BCUT2D eigenvalue weighted by atomic mass is 9.64. The topological polar surface area (TPSA) is 90.3 Å². The zero-order valence-corrected chi connectivity index (χ0v) is 12.1. The van der Waals surface area contributed by atoms with Gasteiger partial charge in [0.25, 0.3) is 0 Å². The third-order valence-corrected chi connectivity index (χ3v) is 5.71. The van der Waals surface area contributed by atoms with Crippen LogP contribution in [0.5, 0.6) is 0 Å². The number of Topliss-reactive ketones (excluding diaryl/α,β-unsaturated/α-hetero) is 1. The highest BCUT2D eigenvalue weighted by atomic mass is 16.7. The quantitative estimate of drug-likeness (QED) is 0.491. The van der Waals surface area contributed by atoms with Gasteiger partial charge in [-0.1, -0.05) is 27.4 Å². The van der Waals surface area contributed by atoms with E-state index in [0.717, 1.165) is 0 Å². The number of hydrogen-bond donors (Lipinski definition) is 3. The molecule has 3 aliphatic rings. The summed E-state index contributed by atoms with van der Waals surface area (Å²) in [5.74, 6) is -0.874. The predicted octanol–water partition coefficient (Wildman–Crippen LogP) is 0.0294. The van der Waals surface area contributed by atoms with E-state index in [1.165, 1.54) is 0 Å². The molecule has 1 saturated heterocycles. The number of rotatable bonds is 2. The average molecular weight is 282 g/mol. The van der Waals surface area contributed by atoms with Crippen LogP contribution < -0.4 is 0 Å². The largest absolute Gasteiger partial charge is 0.392 e. The van der Waals surface area contributed by atoms with E-state index in [2.05, 4.69) is 6.58 Å². The highest BCUT2D eigenvalue weighted by molar-refractivity contribution is 6.00. The van der Waals surface area contributed by atoms with Gasteiger partial charge >= 0.3 is 0 Å². The van der Waals surface area contributed by atoms with Crippen molar-refractivity contribution in [3.63, 3.8) is 0 Å². The molecule has 0 radical (unpaired) electrons. The Morgan fingerprint density at radius 1 is 1.45 bits per heavy atom. The molecule has 1 aliphatic heterocycles. The second-order valence-corrected chi connectivity index (χ2v) is 7.21. The summed E-state index contributed by atoms with van der Waals surface area (Å²) in [5.41, 5.74) is -2.60. The number of epoxide rings is 1. The van der Waals surface area contributed by atoms with Gasteiger partial charge in [0.2, 0.25) is 5.78 Å². The lowest BCUT2D eigenvalue weighted by molar-refractivity contribution is -0.137. The van der Waals surface area contributed by atoms with Gasteiger partial charge in [0.1, 0.15) is 11.7 Å². The minimum atomic E-state index is -1.41.